The summed E-state index contributed by atoms with van der Waals surface area (Å²) in [6.45, 7) is 0.647. The van der Waals surface area contributed by atoms with Crippen LogP contribution in [-0.2, 0) is 19.3 Å². The lowest BCUT2D eigenvalue weighted by Gasteiger charge is -2.07. The van der Waals surface area contributed by atoms with E-state index in [0.29, 0.717) is 12.2 Å². The lowest BCUT2D eigenvalue weighted by atomic mass is 10.0. The van der Waals surface area contributed by atoms with Crippen molar-refractivity contribution in [3.63, 3.8) is 0 Å². The summed E-state index contributed by atoms with van der Waals surface area (Å²) in [6, 6.07) is 9.77. The van der Waals surface area contributed by atoms with Crippen molar-refractivity contribution in [3.05, 3.63) is 57.8 Å². The minimum atomic E-state index is -0.102. The second-order valence-corrected chi connectivity index (χ2v) is 7.59. The molecule has 25 heavy (non-hydrogen) atoms. The van der Waals surface area contributed by atoms with Crippen LogP contribution in [0.4, 0.5) is 0 Å². The van der Waals surface area contributed by atoms with Crippen molar-refractivity contribution in [1.29, 1.82) is 0 Å². The number of aryl methyl sites for hydroxylation is 3. The fourth-order valence-electron chi connectivity index (χ4n) is 3.34. The van der Waals surface area contributed by atoms with Gasteiger partial charge in [-0.3, -0.25) is 9.78 Å². The van der Waals surface area contributed by atoms with Crippen LogP contribution in [0.1, 0.15) is 45.3 Å². The predicted octanol–water partition coefficient (Wildman–Crippen LogP) is 3.93. The molecule has 0 atom stereocenters. The molecular formula is C20H21N3OS. The number of aromatic nitrogens is 2. The smallest absolute Gasteiger partial charge is 0.270 e. The van der Waals surface area contributed by atoms with Crippen LogP contribution in [0.25, 0.3) is 10.8 Å². The lowest BCUT2D eigenvalue weighted by Crippen LogP contribution is -2.25. The van der Waals surface area contributed by atoms with E-state index in [0.717, 1.165) is 30.0 Å². The summed E-state index contributed by atoms with van der Waals surface area (Å²) in [6.07, 6.45) is 8.42. The third-order valence-electron chi connectivity index (χ3n) is 4.63. The summed E-state index contributed by atoms with van der Waals surface area (Å²) in [7, 11) is 0. The molecule has 0 aliphatic heterocycles. The van der Waals surface area contributed by atoms with Gasteiger partial charge >= 0.3 is 0 Å². The third kappa shape index (κ3) is 3.56. The first-order valence-electron chi connectivity index (χ1n) is 8.90. The van der Waals surface area contributed by atoms with Crippen LogP contribution < -0.4 is 5.32 Å². The molecule has 0 fully saturated rings. The maximum absolute atomic E-state index is 12.4. The summed E-state index contributed by atoms with van der Waals surface area (Å²) in [5, 5.41) is 6.15. The number of pyridine rings is 1. The quantitative estimate of drug-likeness (QED) is 0.709. The molecule has 4 rings (SSSR count). The second kappa shape index (κ2) is 7.31. The van der Waals surface area contributed by atoms with E-state index in [1.807, 2.05) is 41.7 Å². The highest BCUT2D eigenvalue weighted by Gasteiger charge is 2.15. The first-order valence-corrected chi connectivity index (χ1v) is 9.72. The van der Waals surface area contributed by atoms with Crippen molar-refractivity contribution in [2.24, 2.45) is 0 Å². The molecule has 0 bridgehead atoms. The van der Waals surface area contributed by atoms with Crippen molar-refractivity contribution >= 4 is 28.0 Å². The molecule has 0 saturated heterocycles. The minimum Gasteiger partial charge on any atom is -0.351 e. The molecule has 2 heterocycles. The Bertz CT molecular complexity index is 874. The van der Waals surface area contributed by atoms with Gasteiger partial charge in [0.1, 0.15) is 5.69 Å². The Hall–Kier alpha value is -2.27. The number of hydrogen-bond acceptors (Lipinski definition) is 4. The Morgan fingerprint density at radius 3 is 2.96 bits per heavy atom. The third-order valence-corrected chi connectivity index (χ3v) is 5.85. The normalized spacial score (nSPS) is 13.6. The average Bonchev–Trinajstić information content (AvgIpc) is 3.07. The molecule has 1 aliphatic rings. The van der Waals surface area contributed by atoms with Gasteiger partial charge in [0.2, 0.25) is 0 Å². The Morgan fingerprint density at radius 1 is 1.16 bits per heavy atom. The molecule has 0 radical (unpaired) electrons. The van der Waals surface area contributed by atoms with Gasteiger partial charge in [0.15, 0.2) is 0 Å². The summed E-state index contributed by atoms with van der Waals surface area (Å²) in [5.74, 6) is -0.102. The minimum absolute atomic E-state index is 0.102. The standard InChI is InChI=1S/C20H21N3OS/c24-20(19-15-7-2-1-6-14(15)11-13-21-19)22-12-5-10-18-23-16-8-3-4-9-17(16)25-18/h1-2,6-7,11,13H,3-5,8-10,12H2,(H,22,24). The highest BCUT2D eigenvalue weighted by Crippen LogP contribution is 2.27. The van der Waals surface area contributed by atoms with Crippen LogP contribution in [0.2, 0.25) is 0 Å². The van der Waals surface area contributed by atoms with Crippen LogP contribution >= 0.6 is 11.3 Å². The Labute approximate surface area is 151 Å². The Balaban J connectivity index is 1.33. The number of hydrogen-bond donors (Lipinski definition) is 1. The van der Waals surface area contributed by atoms with Gasteiger partial charge in [-0.1, -0.05) is 24.3 Å². The SMILES string of the molecule is O=C(NCCCc1nc2c(s1)CCCC2)c1nccc2ccccc12. The predicted molar refractivity (Wildman–Crippen MR) is 101 cm³/mol. The zero-order valence-corrected chi connectivity index (χ0v) is 14.9. The van der Waals surface area contributed by atoms with E-state index in [2.05, 4.69) is 10.3 Å². The summed E-state index contributed by atoms with van der Waals surface area (Å²) in [4.78, 5) is 22.9. The summed E-state index contributed by atoms with van der Waals surface area (Å²) < 4.78 is 0. The van der Waals surface area contributed by atoms with Crippen molar-refractivity contribution in [3.8, 4) is 0 Å². The fourth-order valence-corrected chi connectivity index (χ4v) is 4.54. The number of thiazole rings is 1. The zero-order valence-electron chi connectivity index (χ0n) is 14.1. The monoisotopic (exact) mass is 351 g/mol. The number of carbonyl (C=O) groups is 1. The van der Waals surface area contributed by atoms with Gasteiger partial charge < -0.3 is 5.32 Å². The molecule has 2 aromatic heterocycles. The number of nitrogens with one attached hydrogen (secondary N) is 1. The van der Waals surface area contributed by atoms with Gasteiger partial charge in [0.25, 0.3) is 5.91 Å². The fraction of sp³-hybridized carbons (Fsp3) is 0.350. The van der Waals surface area contributed by atoms with Crippen molar-refractivity contribution in [2.75, 3.05) is 6.54 Å². The molecule has 4 nitrogen and oxygen atoms in total. The molecule has 5 heteroatoms. The maximum atomic E-state index is 12.4. The van der Waals surface area contributed by atoms with E-state index in [4.69, 9.17) is 4.98 Å². The van der Waals surface area contributed by atoms with Crippen molar-refractivity contribution < 1.29 is 4.79 Å². The van der Waals surface area contributed by atoms with E-state index in [9.17, 15) is 4.79 Å². The number of amides is 1. The molecule has 3 aromatic rings. The van der Waals surface area contributed by atoms with Crippen LogP contribution in [0.3, 0.4) is 0 Å². The molecule has 0 unspecified atom stereocenters. The molecule has 128 valence electrons. The first kappa shape index (κ1) is 16.2. The number of nitrogens with zero attached hydrogens (tertiary/aromatic N) is 2. The average molecular weight is 351 g/mol. The van der Waals surface area contributed by atoms with E-state index in [-0.39, 0.29) is 5.91 Å². The zero-order chi connectivity index (χ0) is 17.1. The van der Waals surface area contributed by atoms with Crippen molar-refractivity contribution in [2.45, 2.75) is 38.5 Å². The number of fused-ring (bicyclic) bond motifs is 2. The molecule has 1 aromatic carbocycles. The summed E-state index contributed by atoms with van der Waals surface area (Å²) >= 11 is 1.86. The van der Waals surface area contributed by atoms with Gasteiger partial charge in [0.05, 0.1) is 10.7 Å². The molecule has 1 N–H and O–H groups in total. The number of rotatable bonds is 5. The van der Waals surface area contributed by atoms with Crippen LogP contribution in [0.5, 0.6) is 0 Å². The Kier molecular flexibility index (Phi) is 4.74. The van der Waals surface area contributed by atoms with Crippen LogP contribution in [0.15, 0.2) is 36.5 Å². The van der Waals surface area contributed by atoms with Crippen LogP contribution in [0, 0.1) is 0 Å². The maximum Gasteiger partial charge on any atom is 0.270 e. The molecule has 0 spiro atoms. The van der Waals surface area contributed by atoms with Gasteiger partial charge in [-0.2, -0.15) is 0 Å². The van der Waals surface area contributed by atoms with E-state index >= 15 is 0 Å². The van der Waals surface area contributed by atoms with E-state index < -0.39 is 0 Å². The van der Waals surface area contributed by atoms with Crippen molar-refractivity contribution in [1.82, 2.24) is 15.3 Å². The molecule has 0 saturated carbocycles. The number of benzene rings is 1. The largest absolute Gasteiger partial charge is 0.351 e. The van der Waals surface area contributed by atoms with Gasteiger partial charge in [-0.15, -0.1) is 11.3 Å². The molecule has 1 aliphatic carbocycles. The first-order chi connectivity index (χ1) is 12.3. The van der Waals surface area contributed by atoms with Gasteiger partial charge in [-0.25, -0.2) is 4.98 Å². The molecule has 1 amide bonds. The van der Waals surface area contributed by atoms with E-state index in [1.54, 1.807) is 6.20 Å². The number of carbonyl (C=O) groups excluding carboxylic acids is 1. The highest BCUT2D eigenvalue weighted by molar-refractivity contribution is 7.11. The highest BCUT2D eigenvalue weighted by atomic mass is 32.1. The van der Waals surface area contributed by atoms with Gasteiger partial charge in [0, 0.05) is 29.4 Å². The van der Waals surface area contributed by atoms with Gasteiger partial charge in [-0.05, 0) is 43.6 Å². The lowest BCUT2D eigenvalue weighted by molar-refractivity contribution is 0.0950. The Morgan fingerprint density at radius 2 is 2.04 bits per heavy atom. The van der Waals surface area contributed by atoms with E-state index in [1.165, 1.54) is 34.8 Å². The second-order valence-electron chi connectivity index (χ2n) is 6.42. The topological polar surface area (TPSA) is 54.9 Å². The van der Waals surface area contributed by atoms with Crippen LogP contribution in [-0.4, -0.2) is 22.4 Å². The molecular weight excluding hydrogens is 330 g/mol. The summed E-state index contributed by atoms with van der Waals surface area (Å²) in [5.41, 5.74) is 1.82.